The number of benzene rings is 1. The van der Waals surface area contributed by atoms with Crippen LogP contribution in [0.5, 0.6) is 0 Å². The van der Waals surface area contributed by atoms with Crippen LogP contribution in [0.3, 0.4) is 0 Å². The standard InChI is InChI=1S/C16H15FN4O3/c17-10-2-1-3-11(6-10)20-9-19-15-14(16(20)23)18-8-21(15)13-5-4-12(7-22)24-13/h1-3,6,8-9,12-13,22H,4-5,7H2. The third kappa shape index (κ3) is 2.40. The van der Waals surface area contributed by atoms with Gasteiger partial charge in [0, 0.05) is 0 Å². The number of ether oxygens (including phenoxy) is 1. The third-order valence-corrected chi connectivity index (χ3v) is 4.17. The summed E-state index contributed by atoms with van der Waals surface area (Å²) < 4.78 is 22.0. The van der Waals surface area contributed by atoms with Crippen molar-refractivity contribution in [2.24, 2.45) is 0 Å². The van der Waals surface area contributed by atoms with Crippen LogP contribution < -0.4 is 5.56 Å². The minimum atomic E-state index is -0.431. The van der Waals surface area contributed by atoms with Crippen molar-refractivity contribution in [2.45, 2.75) is 25.2 Å². The van der Waals surface area contributed by atoms with E-state index in [0.717, 1.165) is 6.42 Å². The van der Waals surface area contributed by atoms with Gasteiger partial charge in [0.25, 0.3) is 5.56 Å². The summed E-state index contributed by atoms with van der Waals surface area (Å²) in [5, 5.41) is 9.17. The van der Waals surface area contributed by atoms with Gasteiger partial charge in [-0.15, -0.1) is 0 Å². The monoisotopic (exact) mass is 330 g/mol. The minimum absolute atomic E-state index is 0.0388. The molecular weight excluding hydrogens is 315 g/mol. The predicted molar refractivity (Wildman–Crippen MR) is 83.3 cm³/mol. The Morgan fingerprint density at radius 1 is 1.29 bits per heavy atom. The zero-order valence-corrected chi connectivity index (χ0v) is 12.7. The summed E-state index contributed by atoms with van der Waals surface area (Å²) in [7, 11) is 0. The molecule has 3 heterocycles. The van der Waals surface area contributed by atoms with Crippen molar-refractivity contribution >= 4 is 11.2 Å². The number of hydrogen-bond acceptors (Lipinski definition) is 5. The molecule has 3 aromatic rings. The van der Waals surface area contributed by atoms with Gasteiger partial charge in [0.15, 0.2) is 11.2 Å². The van der Waals surface area contributed by atoms with E-state index in [1.807, 2.05) is 0 Å². The van der Waals surface area contributed by atoms with E-state index in [-0.39, 0.29) is 30.0 Å². The van der Waals surface area contributed by atoms with Crippen molar-refractivity contribution in [3.63, 3.8) is 0 Å². The van der Waals surface area contributed by atoms with E-state index in [1.54, 1.807) is 10.6 Å². The second-order valence-corrected chi connectivity index (χ2v) is 5.70. The Labute approximate surface area is 136 Å². The molecule has 24 heavy (non-hydrogen) atoms. The number of imidazole rings is 1. The molecule has 8 heteroatoms. The van der Waals surface area contributed by atoms with Crippen molar-refractivity contribution in [1.82, 2.24) is 19.1 Å². The van der Waals surface area contributed by atoms with Gasteiger partial charge in [-0.3, -0.25) is 13.9 Å². The van der Waals surface area contributed by atoms with Gasteiger partial charge in [0.1, 0.15) is 18.4 Å². The van der Waals surface area contributed by atoms with Crippen LogP contribution in [-0.2, 0) is 4.74 Å². The lowest BCUT2D eigenvalue weighted by atomic mass is 10.2. The Morgan fingerprint density at radius 3 is 2.92 bits per heavy atom. The van der Waals surface area contributed by atoms with E-state index in [9.17, 15) is 14.3 Å². The molecule has 1 fully saturated rings. The fraction of sp³-hybridized carbons (Fsp3) is 0.312. The summed E-state index contributed by atoms with van der Waals surface area (Å²) in [5.74, 6) is -0.431. The van der Waals surface area contributed by atoms with Crippen LogP contribution in [0.2, 0.25) is 0 Å². The van der Waals surface area contributed by atoms with E-state index < -0.39 is 5.82 Å². The SMILES string of the molecule is O=c1c2ncn(C3CCC(CO)O3)c2ncn1-c1cccc(F)c1. The number of aliphatic hydroxyl groups is 1. The smallest absolute Gasteiger partial charge is 0.286 e. The van der Waals surface area contributed by atoms with E-state index in [1.165, 1.54) is 35.4 Å². The Balaban J connectivity index is 1.78. The van der Waals surface area contributed by atoms with Crippen molar-refractivity contribution in [3.8, 4) is 5.69 Å². The van der Waals surface area contributed by atoms with Gasteiger partial charge in [-0.25, -0.2) is 14.4 Å². The Bertz CT molecular complexity index is 952. The predicted octanol–water partition coefficient (Wildman–Crippen LogP) is 1.39. The van der Waals surface area contributed by atoms with Gasteiger partial charge in [-0.2, -0.15) is 0 Å². The molecule has 1 aliphatic heterocycles. The van der Waals surface area contributed by atoms with E-state index in [4.69, 9.17) is 4.74 Å². The van der Waals surface area contributed by atoms with Crippen LogP contribution in [0, 0.1) is 5.82 Å². The van der Waals surface area contributed by atoms with Crippen LogP contribution in [0.1, 0.15) is 19.1 Å². The lowest BCUT2D eigenvalue weighted by molar-refractivity contribution is -0.0207. The molecule has 0 radical (unpaired) electrons. The summed E-state index contributed by atoms with van der Waals surface area (Å²) in [5.41, 5.74) is 0.622. The number of fused-ring (bicyclic) bond motifs is 1. The van der Waals surface area contributed by atoms with Gasteiger partial charge >= 0.3 is 0 Å². The Morgan fingerprint density at radius 2 is 2.17 bits per heavy atom. The van der Waals surface area contributed by atoms with Gasteiger partial charge in [0.2, 0.25) is 0 Å². The molecule has 1 aromatic carbocycles. The summed E-state index contributed by atoms with van der Waals surface area (Å²) in [6.45, 7) is -0.0388. The number of aliphatic hydroxyl groups excluding tert-OH is 1. The van der Waals surface area contributed by atoms with Crippen molar-refractivity contribution < 1.29 is 14.2 Å². The average Bonchev–Trinajstić information content (AvgIpc) is 3.21. The maximum absolute atomic E-state index is 13.4. The lowest BCUT2D eigenvalue weighted by Crippen LogP contribution is -2.20. The number of aromatic nitrogens is 4. The zero-order valence-electron chi connectivity index (χ0n) is 12.7. The molecule has 0 bridgehead atoms. The first-order chi connectivity index (χ1) is 11.7. The molecule has 0 spiro atoms. The summed E-state index contributed by atoms with van der Waals surface area (Å²) in [4.78, 5) is 21.1. The Hall–Kier alpha value is -2.58. The van der Waals surface area contributed by atoms with Crippen molar-refractivity contribution in [2.75, 3.05) is 6.61 Å². The maximum Gasteiger partial charge on any atom is 0.286 e. The molecule has 1 saturated heterocycles. The van der Waals surface area contributed by atoms with Crippen LogP contribution in [0.15, 0.2) is 41.7 Å². The average molecular weight is 330 g/mol. The van der Waals surface area contributed by atoms with Gasteiger partial charge in [-0.05, 0) is 31.0 Å². The molecular formula is C16H15FN4O3. The highest BCUT2D eigenvalue weighted by molar-refractivity contribution is 5.69. The molecule has 0 amide bonds. The van der Waals surface area contributed by atoms with Crippen LogP contribution in [0.25, 0.3) is 16.9 Å². The highest BCUT2D eigenvalue weighted by Gasteiger charge is 2.27. The van der Waals surface area contributed by atoms with Crippen molar-refractivity contribution in [3.05, 3.63) is 53.1 Å². The van der Waals surface area contributed by atoms with Crippen LogP contribution in [0.4, 0.5) is 4.39 Å². The Kier molecular flexibility index (Phi) is 3.62. The first-order valence-electron chi connectivity index (χ1n) is 7.64. The third-order valence-electron chi connectivity index (χ3n) is 4.17. The van der Waals surface area contributed by atoms with E-state index >= 15 is 0 Å². The largest absolute Gasteiger partial charge is 0.394 e. The molecule has 1 aliphatic rings. The number of halogens is 1. The molecule has 7 nitrogen and oxygen atoms in total. The number of nitrogens with zero attached hydrogens (tertiary/aromatic N) is 4. The first kappa shape index (κ1) is 15.0. The number of rotatable bonds is 3. The normalized spacial score (nSPS) is 20.8. The first-order valence-corrected chi connectivity index (χ1v) is 7.64. The second kappa shape index (κ2) is 5.81. The molecule has 0 saturated carbocycles. The maximum atomic E-state index is 13.4. The van der Waals surface area contributed by atoms with Gasteiger partial charge in [0.05, 0.1) is 24.7 Å². The summed E-state index contributed by atoms with van der Waals surface area (Å²) >= 11 is 0. The zero-order chi connectivity index (χ0) is 16.7. The molecule has 4 rings (SSSR count). The lowest BCUT2D eigenvalue weighted by Gasteiger charge is -2.14. The van der Waals surface area contributed by atoms with Gasteiger partial charge in [-0.1, -0.05) is 6.07 Å². The van der Waals surface area contributed by atoms with Crippen LogP contribution >= 0.6 is 0 Å². The summed E-state index contributed by atoms with van der Waals surface area (Å²) in [6.07, 6.45) is 3.81. The second-order valence-electron chi connectivity index (χ2n) is 5.70. The highest BCUT2D eigenvalue weighted by atomic mass is 19.1. The minimum Gasteiger partial charge on any atom is -0.394 e. The quantitative estimate of drug-likeness (QED) is 0.785. The highest BCUT2D eigenvalue weighted by Crippen LogP contribution is 2.29. The molecule has 2 aromatic heterocycles. The van der Waals surface area contributed by atoms with E-state index in [0.29, 0.717) is 17.8 Å². The number of hydrogen-bond donors (Lipinski definition) is 1. The van der Waals surface area contributed by atoms with Gasteiger partial charge < -0.3 is 9.84 Å². The molecule has 2 unspecified atom stereocenters. The fourth-order valence-corrected chi connectivity index (χ4v) is 2.96. The molecule has 124 valence electrons. The van der Waals surface area contributed by atoms with E-state index in [2.05, 4.69) is 9.97 Å². The fourth-order valence-electron chi connectivity index (χ4n) is 2.96. The van der Waals surface area contributed by atoms with Crippen molar-refractivity contribution in [1.29, 1.82) is 0 Å². The topological polar surface area (TPSA) is 82.2 Å². The molecule has 0 aliphatic carbocycles. The summed E-state index contributed by atoms with van der Waals surface area (Å²) in [6, 6.07) is 5.73. The molecule has 1 N–H and O–H groups in total. The van der Waals surface area contributed by atoms with Crippen LogP contribution in [-0.4, -0.2) is 36.9 Å². The molecule has 2 atom stereocenters.